The summed E-state index contributed by atoms with van der Waals surface area (Å²) in [6.45, 7) is 6.97. The normalized spacial score (nSPS) is 20.1. The molecular formula is C15H19NO2. The van der Waals surface area contributed by atoms with Crippen molar-refractivity contribution in [1.29, 1.82) is 0 Å². The number of ketones is 1. The predicted molar refractivity (Wildman–Crippen MR) is 70.6 cm³/mol. The Hall–Kier alpha value is -1.64. The van der Waals surface area contributed by atoms with Crippen LogP contribution in [0.25, 0.3) is 0 Å². The van der Waals surface area contributed by atoms with Gasteiger partial charge in [-0.25, -0.2) is 0 Å². The molecule has 1 heterocycles. The van der Waals surface area contributed by atoms with Gasteiger partial charge in [0.15, 0.2) is 0 Å². The summed E-state index contributed by atoms with van der Waals surface area (Å²) < 4.78 is 0. The molecule has 1 aromatic carbocycles. The second kappa shape index (κ2) is 4.92. The summed E-state index contributed by atoms with van der Waals surface area (Å²) in [6, 6.07) is 5.88. The third-order valence-corrected chi connectivity index (χ3v) is 3.43. The Morgan fingerprint density at radius 1 is 1.22 bits per heavy atom. The lowest BCUT2D eigenvalue weighted by atomic mass is 9.97. The van der Waals surface area contributed by atoms with Crippen LogP contribution < -0.4 is 0 Å². The molecule has 96 valence electrons. The molecule has 2 rings (SSSR count). The molecular weight excluding hydrogens is 226 g/mol. The van der Waals surface area contributed by atoms with Crippen LogP contribution in [-0.4, -0.2) is 29.7 Å². The van der Waals surface area contributed by atoms with Crippen molar-refractivity contribution in [2.24, 2.45) is 5.92 Å². The minimum atomic E-state index is -0.0337. The summed E-state index contributed by atoms with van der Waals surface area (Å²) in [5.41, 5.74) is 2.92. The van der Waals surface area contributed by atoms with Gasteiger partial charge in [-0.15, -0.1) is 0 Å². The molecule has 18 heavy (non-hydrogen) atoms. The highest BCUT2D eigenvalue weighted by atomic mass is 16.2. The highest BCUT2D eigenvalue weighted by Gasteiger charge is 2.27. The summed E-state index contributed by atoms with van der Waals surface area (Å²) >= 11 is 0. The van der Waals surface area contributed by atoms with E-state index in [1.54, 1.807) is 4.90 Å². The number of piperidine rings is 1. The monoisotopic (exact) mass is 245 g/mol. The van der Waals surface area contributed by atoms with Gasteiger partial charge in [-0.2, -0.15) is 0 Å². The van der Waals surface area contributed by atoms with E-state index in [4.69, 9.17) is 0 Å². The smallest absolute Gasteiger partial charge is 0.253 e. The van der Waals surface area contributed by atoms with Crippen molar-refractivity contribution in [2.75, 3.05) is 13.1 Å². The van der Waals surface area contributed by atoms with Gasteiger partial charge < -0.3 is 4.90 Å². The third-order valence-electron chi connectivity index (χ3n) is 3.43. The molecule has 0 aliphatic carbocycles. The van der Waals surface area contributed by atoms with Crippen molar-refractivity contribution in [3.05, 3.63) is 34.9 Å². The predicted octanol–water partition coefficient (Wildman–Crippen LogP) is 2.35. The maximum Gasteiger partial charge on any atom is 0.253 e. The number of hydrogen-bond donors (Lipinski definition) is 0. The topological polar surface area (TPSA) is 37.4 Å². The van der Waals surface area contributed by atoms with E-state index in [2.05, 4.69) is 6.07 Å². The van der Waals surface area contributed by atoms with Crippen LogP contribution >= 0.6 is 0 Å². The van der Waals surface area contributed by atoms with Gasteiger partial charge in [-0.3, -0.25) is 9.59 Å². The minimum Gasteiger partial charge on any atom is -0.337 e. The van der Waals surface area contributed by atoms with Crippen LogP contribution in [0.1, 0.15) is 34.8 Å². The van der Waals surface area contributed by atoms with E-state index in [9.17, 15) is 9.59 Å². The van der Waals surface area contributed by atoms with Gasteiger partial charge in [0.2, 0.25) is 0 Å². The molecule has 1 aliphatic heterocycles. The van der Waals surface area contributed by atoms with Crippen LogP contribution in [0.5, 0.6) is 0 Å². The van der Waals surface area contributed by atoms with Gasteiger partial charge in [0.05, 0.1) is 0 Å². The molecule has 1 unspecified atom stereocenters. The summed E-state index contributed by atoms with van der Waals surface area (Å²) in [5.74, 6) is 0.272. The van der Waals surface area contributed by atoms with Crippen LogP contribution in [0.2, 0.25) is 0 Å². The van der Waals surface area contributed by atoms with Crippen molar-refractivity contribution in [3.8, 4) is 0 Å². The Morgan fingerprint density at radius 2 is 1.83 bits per heavy atom. The van der Waals surface area contributed by atoms with Gasteiger partial charge in [-0.1, -0.05) is 24.1 Å². The molecule has 0 saturated carbocycles. The first-order chi connectivity index (χ1) is 8.47. The van der Waals surface area contributed by atoms with Gasteiger partial charge in [0, 0.05) is 31.0 Å². The zero-order chi connectivity index (χ0) is 13.3. The number of hydrogen-bond acceptors (Lipinski definition) is 2. The summed E-state index contributed by atoms with van der Waals surface area (Å²) in [7, 11) is 0. The molecule has 1 aromatic rings. The first-order valence-electron chi connectivity index (χ1n) is 6.37. The molecule has 0 bridgehead atoms. The lowest BCUT2D eigenvalue weighted by molar-refractivity contribution is -0.124. The van der Waals surface area contributed by atoms with Gasteiger partial charge in [0.1, 0.15) is 5.78 Å². The molecule has 1 aliphatic rings. The Bertz CT molecular complexity index is 473. The van der Waals surface area contributed by atoms with E-state index < -0.39 is 0 Å². The zero-order valence-corrected chi connectivity index (χ0v) is 11.2. The minimum absolute atomic E-state index is 0.0337. The second-order valence-electron chi connectivity index (χ2n) is 5.24. The van der Waals surface area contributed by atoms with Crippen molar-refractivity contribution < 1.29 is 9.59 Å². The number of nitrogens with zero attached hydrogens (tertiary/aromatic N) is 1. The lowest BCUT2D eigenvalue weighted by Gasteiger charge is -2.30. The number of rotatable bonds is 1. The molecule has 3 heteroatoms. The average Bonchev–Trinajstić information content (AvgIpc) is 2.30. The quantitative estimate of drug-likeness (QED) is 0.761. The lowest BCUT2D eigenvalue weighted by Crippen LogP contribution is -2.43. The number of likely N-dealkylation sites (tertiary alicyclic amines) is 1. The van der Waals surface area contributed by atoms with E-state index >= 15 is 0 Å². The number of carbonyl (C=O) groups is 2. The van der Waals surface area contributed by atoms with Crippen LogP contribution in [-0.2, 0) is 4.79 Å². The molecule has 1 fully saturated rings. The summed E-state index contributed by atoms with van der Waals surface area (Å²) in [5, 5.41) is 0. The standard InChI is InChI=1S/C15H19NO2/c1-10-6-11(2)8-13(7-10)15(18)16-5-4-14(17)12(3)9-16/h6-8,12H,4-5,9H2,1-3H3. The molecule has 0 aromatic heterocycles. The zero-order valence-electron chi connectivity index (χ0n) is 11.2. The summed E-state index contributed by atoms with van der Waals surface area (Å²) in [6.07, 6.45) is 0.484. The number of aryl methyl sites for hydroxylation is 2. The Morgan fingerprint density at radius 3 is 2.39 bits per heavy atom. The first kappa shape index (κ1) is 12.8. The molecule has 1 saturated heterocycles. The van der Waals surface area contributed by atoms with Gasteiger partial charge in [0.25, 0.3) is 5.91 Å². The fourth-order valence-electron chi connectivity index (χ4n) is 2.48. The average molecular weight is 245 g/mol. The van der Waals surface area contributed by atoms with E-state index in [0.29, 0.717) is 19.5 Å². The number of amides is 1. The highest BCUT2D eigenvalue weighted by molar-refractivity contribution is 5.96. The van der Waals surface area contributed by atoms with Crippen LogP contribution in [0.3, 0.4) is 0 Å². The van der Waals surface area contributed by atoms with E-state index in [1.165, 1.54) is 0 Å². The van der Waals surface area contributed by atoms with Crippen molar-refractivity contribution >= 4 is 11.7 Å². The molecule has 0 spiro atoms. The molecule has 1 atom stereocenters. The summed E-state index contributed by atoms with van der Waals surface area (Å²) in [4.78, 5) is 25.6. The number of benzene rings is 1. The Balaban J connectivity index is 2.18. The third kappa shape index (κ3) is 2.61. The van der Waals surface area contributed by atoms with E-state index in [1.807, 2.05) is 32.9 Å². The highest BCUT2D eigenvalue weighted by Crippen LogP contribution is 2.17. The van der Waals surface area contributed by atoms with E-state index in [0.717, 1.165) is 16.7 Å². The van der Waals surface area contributed by atoms with Crippen molar-refractivity contribution in [3.63, 3.8) is 0 Å². The maximum atomic E-state index is 12.4. The van der Waals surface area contributed by atoms with E-state index in [-0.39, 0.29) is 17.6 Å². The largest absolute Gasteiger partial charge is 0.337 e. The van der Waals surface area contributed by atoms with Gasteiger partial charge >= 0.3 is 0 Å². The SMILES string of the molecule is Cc1cc(C)cc(C(=O)N2CCC(=O)C(C)C2)c1. The molecule has 1 amide bonds. The van der Waals surface area contributed by atoms with Crippen LogP contribution in [0, 0.1) is 19.8 Å². The van der Waals surface area contributed by atoms with Crippen LogP contribution in [0.15, 0.2) is 18.2 Å². The first-order valence-corrected chi connectivity index (χ1v) is 6.37. The maximum absolute atomic E-state index is 12.4. The Labute approximate surface area is 108 Å². The fraction of sp³-hybridized carbons (Fsp3) is 0.467. The number of Topliss-reactive ketones (excluding diaryl/α,β-unsaturated/α-hetero) is 1. The fourth-order valence-corrected chi connectivity index (χ4v) is 2.48. The van der Waals surface area contributed by atoms with Gasteiger partial charge in [-0.05, 0) is 26.0 Å². The molecule has 0 radical (unpaired) electrons. The second-order valence-corrected chi connectivity index (χ2v) is 5.24. The molecule has 3 nitrogen and oxygen atoms in total. The van der Waals surface area contributed by atoms with Crippen molar-refractivity contribution in [1.82, 2.24) is 4.90 Å². The van der Waals surface area contributed by atoms with Crippen molar-refractivity contribution in [2.45, 2.75) is 27.2 Å². The Kier molecular flexibility index (Phi) is 3.50. The number of carbonyl (C=O) groups excluding carboxylic acids is 2. The molecule has 0 N–H and O–H groups in total. The van der Waals surface area contributed by atoms with Crippen LogP contribution in [0.4, 0.5) is 0 Å².